The first-order chi connectivity index (χ1) is 8.56. The van der Waals surface area contributed by atoms with Crippen molar-refractivity contribution in [2.75, 3.05) is 0 Å². The van der Waals surface area contributed by atoms with Crippen molar-refractivity contribution in [1.29, 1.82) is 5.41 Å². The number of benzene rings is 1. The Labute approximate surface area is 109 Å². The number of hydrogen-bond donors (Lipinski definition) is 2. The molecule has 1 aliphatic rings. The molecule has 1 aliphatic carbocycles. The molecule has 2 unspecified atom stereocenters. The molecule has 3 heteroatoms. The molecule has 0 amide bonds. The lowest BCUT2D eigenvalue weighted by molar-refractivity contribution is 0.101. The van der Waals surface area contributed by atoms with E-state index < -0.39 is 0 Å². The molecule has 0 aliphatic heterocycles. The van der Waals surface area contributed by atoms with Crippen LogP contribution in [0.4, 0.5) is 0 Å². The van der Waals surface area contributed by atoms with Crippen LogP contribution in [0.1, 0.15) is 38.7 Å². The van der Waals surface area contributed by atoms with Crippen molar-refractivity contribution in [3.8, 4) is 5.75 Å². The topological polar surface area (TPSA) is 59.1 Å². The normalized spacial score (nSPS) is 27.8. The van der Waals surface area contributed by atoms with Crippen molar-refractivity contribution >= 4 is 5.84 Å². The van der Waals surface area contributed by atoms with E-state index >= 15 is 0 Å². The Balaban J connectivity index is 2.11. The third kappa shape index (κ3) is 3.03. The molecule has 1 fully saturated rings. The highest BCUT2D eigenvalue weighted by Crippen LogP contribution is 2.32. The first kappa shape index (κ1) is 12.9. The van der Waals surface area contributed by atoms with Gasteiger partial charge in [0.25, 0.3) is 0 Å². The minimum Gasteiger partial charge on any atom is -0.490 e. The van der Waals surface area contributed by atoms with Crippen LogP contribution in [0.5, 0.6) is 5.75 Å². The van der Waals surface area contributed by atoms with Crippen molar-refractivity contribution in [2.45, 2.75) is 39.2 Å². The van der Waals surface area contributed by atoms with E-state index in [0.29, 0.717) is 17.4 Å². The van der Waals surface area contributed by atoms with Crippen molar-refractivity contribution < 1.29 is 4.74 Å². The second kappa shape index (κ2) is 5.42. The van der Waals surface area contributed by atoms with Gasteiger partial charge in [0.05, 0.1) is 11.7 Å². The van der Waals surface area contributed by atoms with Gasteiger partial charge in [0.2, 0.25) is 0 Å². The second-order valence-electron chi connectivity index (χ2n) is 5.57. The van der Waals surface area contributed by atoms with E-state index in [2.05, 4.69) is 13.8 Å². The quantitative estimate of drug-likeness (QED) is 0.635. The third-order valence-corrected chi connectivity index (χ3v) is 3.61. The molecule has 1 aromatic carbocycles. The number of nitrogen functional groups attached to an aromatic ring is 1. The van der Waals surface area contributed by atoms with Gasteiger partial charge in [-0.25, -0.2) is 0 Å². The molecule has 1 aromatic rings. The van der Waals surface area contributed by atoms with E-state index in [9.17, 15) is 0 Å². The van der Waals surface area contributed by atoms with Gasteiger partial charge in [-0.3, -0.25) is 5.41 Å². The predicted molar refractivity (Wildman–Crippen MR) is 74.1 cm³/mol. The van der Waals surface area contributed by atoms with Crippen LogP contribution in [0.15, 0.2) is 24.3 Å². The standard InChI is InChI=1S/C15H22N2O/c1-10-7-11(2)9-12(8-10)18-14-6-4-3-5-13(14)15(16)17/h3-6,10-12H,7-9H2,1-2H3,(H3,16,17). The lowest BCUT2D eigenvalue weighted by Crippen LogP contribution is -2.29. The Hall–Kier alpha value is -1.51. The van der Waals surface area contributed by atoms with Crippen molar-refractivity contribution in [3.05, 3.63) is 29.8 Å². The maximum Gasteiger partial charge on any atom is 0.130 e. The van der Waals surface area contributed by atoms with E-state index in [0.717, 1.165) is 18.6 Å². The minimum atomic E-state index is 0.0718. The van der Waals surface area contributed by atoms with Crippen LogP contribution < -0.4 is 10.5 Å². The van der Waals surface area contributed by atoms with Gasteiger partial charge in [0, 0.05) is 0 Å². The summed E-state index contributed by atoms with van der Waals surface area (Å²) in [7, 11) is 0. The number of nitrogens with one attached hydrogen (secondary N) is 1. The lowest BCUT2D eigenvalue weighted by Gasteiger charge is -2.32. The van der Waals surface area contributed by atoms with Crippen LogP contribution >= 0.6 is 0 Å². The van der Waals surface area contributed by atoms with Gasteiger partial charge >= 0.3 is 0 Å². The Bertz CT molecular complexity index is 420. The highest BCUT2D eigenvalue weighted by molar-refractivity contribution is 5.97. The fraction of sp³-hybridized carbons (Fsp3) is 0.533. The summed E-state index contributed by atoms with van der Waals surface area (Å²) in [6.07, 6.45) is 3.73. The predicted octanol–water partition coefficient (Wildman–Crippen LogP) is 3.17. The zero-order valence-electron chi connectivity index (χ0n) is 11.1. The molecule has 0 bridgehead atoms. The van der Waals surface area contributed by atoms with Crippen LogP contribution in [-0.4, -0.2) is 11.9 Å². The monoisotopic (exact) mass is 246 g/mol. The van der Waals surface area contributed by atoms with E-state index in [1.54, 1.807) is 0 Å². The molecule has 0 saturated heterocycles. The SMILES string of the molecule is CC1CC(C)CC(Oc2ccccc2C(=N)N)C1. The lowest BCUT2D eigenvalue weighted by atomic mass is 9.82. The van der Waals surface area contributed by atoms with E-state index in [-0.39, 0.29) is 11.9 Å². The van der Waals surface area contributed by atoms with Crippen molar-refractivity contribution in [2.24, 2.45) is 17.6 Å². The van der Waals surface area contributed by atoms with Gasteiger partial charge in [-0.05, 0) is 43.2 Å². The highest BCUT2D eigenvalue weighted by Gasteiger charge is 2.25. The molecular formula is C15H22N2O. The molecular weight excluding hydrogens is 224 g/mol. The first-order valence-electron chi connectivity index (χ1n) is 6.66. The molecule has 3 nitrogen and oxygen atoms in total. The van der Waals surface area contributed by atoms with Crippen molar-refractivity contribution in [1.82, 2.24) is 0 Å². The van der Waals surface area contributed by atoms with Gasteiger partial charge in [-0.2, -0.15) is 0 Å². The molecule has 1 saturated carbocycles. The summed E-state index contributed by atoms with van der Waals surface area (Å²) in [5.41, 5.74) is 6.28. The largest absolute Gasteiger partial charge is 0.490 e. The van der Waals surface area contributed by atoms with Crippen LogP contribution in [0, 0.1) is 17.2 Å². The molecule has 0 heterocycles. The molecule has 0 aromatic heterocycles. The Morgan fingerprint density at radius 1 is 1.17 bits per heavy atom. The highest BCUT2D eigenvalue weighted by atomic mass is 16.5. The molecule has 3 N–H and O–H groups in total. The number of rotatable bonds is 3. The Morgan fingerprint density at radius 2 is 1.78 bits per heavy atom. The summed E-state index contributed by atoms with van der Waals surface area (Å²) in [6, 6.07) is 7.56. The van der Waals surface area contributed by atoms with Gasteiger partial charge in [0.1, 0.15) is 11.6 Å². The van der Waals surface area contributed by atoms with Gasteiger partial charge in [0.15, 0.2) is 0 Å². The fourth-order valence-corrected chi connectivity index (χ4v) is 2.94. The van der Waals surface area contributed by atoms with Crippen LogP contribution in [0.2, 0.25) is 0 Å². The van der Waals surface area contributed by atoms with Crippen LogP contribution in [0.3, 0.4) is 0 Å². The fourth-order valence-electron chi connectivity index (χ4n) is 2.94. The molecule has 2 atom stereocenters. The van der Waals surface area contributed by atoms with E-state index in [1.807, 2.05) is 24.3 Å². The van der Waals surface area contributed by atoms with E-state index in [4.69, 9.17) is 15.9 Å². The van der Waals surface area contributed by atoms with Gasteiger partial charge in [-0.15, -0.1) is 0 Å². The number of amidine groups is 1. The average Bonchev–Trinajstić information content (AvgIpc) is 2.27. The zero-order valence-corrected chi connectivity index (χ0v) is 11.1. The Kier molecular flexibility index (Phi) is 3.90. The number of para-hydroxylation sites is 1. The number of ether oxygens (including phenoxy) is 1. The molecule has 2 rings (SSSR count). The minimum absolute atomic E-state index is 0.0718. The molecule has 98 valence electrons. The molecule has 0 radical (unpaired) electrons. The maximum atomic E-state index is 7.57. The maximum absolute atomic E-state index is 7.57. The second-order valence-corrected chi connectivity index (χ2v) is 5.57. The summed E-state index contributed by atoms with van der Waals surface area (Å²) < 4.78 is 6.07. The summed E-state index contributed by atoms with van der Waals surface area (Å²) in [4.78, 5) is 0. The van der Waals surface area contributed by atoms with Gasteiger partial charge < -0.3 is 10.5 Å². The van der Waals surface area contributed by atoms with Crippen LogP contribution in [0.25, 0.3) is 0 Å². The summed E-state index contributed by atoms with van der Waals surface area (Å²) >= 11 is 0. The smallest absolute Gasteiger partial charge is 0.130 e. The van der Waals surface area contributed by atoms with Gasteiger partial charge in [-0.1, -0.05) is 26.0 Å². The Morgan fingerprint density at radius 3 is 2.39 bits per heavy atom. The van der Waals surface area contributed by atoms with Crippen LogP contribution in [-0.2, 0) is 0 Å². The number of nitrogens with two attached hydrogens (primary N) is 1. The number of hydrogen-bond acceptors (Lipinski definition) is 2. The summed E-state index contributed by atoms with van der Waals surface area (Å²) in [5.74, 6) is 2.24. The first-order valence-corrected chi connectivity index (χ1v) is 6.66. The summed E-state index contributed by atoms with van der Waals surface area (Å²) in [6.45, 7) is 4.56. The van der Waals surface area contributed by atoms with Crippen molar-refractivity contribution in [3.63, 3.8) is 0 Å². The third-order valence-electron chi connectivity index (χ3n) is 3.61. The summed E-state index contributed by atoms with van der Waals surface area (Å²) in [5, 5.41) is 7.57. The average molecular weight is 246 g/mol. The molecule has 0 spiro atoms. The molecule has 18 heavy (non-hydrogen) atoms. The zero-order chi connectivity index (χ0) is 13.1. The van der Waals surface area contributed by atoms with E-state index in [1.165, 1.54) is 6.42 Å².